The van der Waals surface area contributed by atoms with Crippen LogP contribution in [-0.2, 0) is 0 Å². The van der Waals surface area contributed by atoms with Gasteiger partial charge in [-0.15, -0.1) is 0 Å². The molecule has 0 fully saturated rings. The van der Waals surface area contributed by atoms with E-state index in [1.165, 1.54) is 6.07 Å². The Bertz CT molecular complexity index is 896. The van der Waals surface area contributed by atoms with Crippen LogP contribution in [0.5, 0.6) is 0 Å². The van der Waals surface area contributed by atoms with Crippen LogP contribution in [0.15, 0.2) is 41.6 Å². The third kappa shape index (κ3) is 2.39. The molecule has 3 aromatic rings. The first kappa shape index (κ1) is 13.7. The van der Waals surface area contributed by atoms with Crippen molar-refractivity contribution in [2.45, 2.75) is 6.92 Å². The second-order valence-electron chi connectivity index (χ2n) is 4.80. The molecule has 0 aliphatic carbocycles. The number of nitrogens with zero attached hydrogens (tertiary/aromatic N) is 2. The second-order valence-corrected chi connectivity index (χ2v) is 4.80. The van der Waals surface area contributed by atoms with Gasteiger partial charge >= 0.3 is 0 Å². The lowest BCUT2D eigenvalue weighted by molar-refractivity contribution is 0.0999. The van der Waals surface area contributed by atoms with Crippen LogP contribution >= 0.6 is 0 Å². The average molecular weight is 295 g/mol. The number of imidazole rings is 1. The highest BCUT2D eigenvalue weighted by molar-refractivity contribution is 5.93. The van der Waals surface area contributed by atoms with E-state index in [0.717, 1.165) is 5.56 Å². The molecule has 0 aliphatic rings. The van der Waals surface area contributed by atoms with Crippen molar-refractivity contribution in [1.82, 2.24) is 19.9 Å². The third-order valence-electron chi connectivity index (χ3n) is 3.32. The quantitative estimate of drug-likeness (QED) is 0.673. The minimum absolute atomic E-state index is 0.0827. The van der Waals surface area contributed by atoms with Gasteiger partial charge in [0, 0.05) is 29.2 Å². The highest BCUT2D eigenvalue weighted by Gasteiger charge is 2.13. The lowest BCUT2D eigenvalue weighted by Crippen LogP contribution is -2.24. The Balaban J connectivity index is 2.09. The number of carbonyl (C=O) groups is 1. The highest BCUT2D eigenvalue weighted by Crippen LogP contribution is 2.23. The summed E-state index contributed by atoms with van der Waals surface area (Å²) >= 11 is 0. The smallest absolute Gasteiger partial charge is 0.261 e. The summed E-state index contributed by atoms with van der Waals surface area (Å²) in [6.07, 6.45) is 4.99. The first-order valence-corrected chi connectivity index (χ1v) is 6.56. The van der Waals surface area contributed by atoms with Gasteiger partial charge in [-0.1, -0.05) is 0 Å². The van der Waals surface area contributed by atoms with Crippen LogP contribution in [0.25, 0.3) is 22.6 Å². The number of H-pyrrole nitrogens is 2. The molecule has 0 aliphatic heterocycles. The summed E-state index contributed by atoms with van der Waals surface area (Å²) in [5.74, 6) is -0.0972. The molecule has 3 heterocycles. The van der Waals surface area contributed by atoms with Gasteiger partial charge in [0.25, 0.3) is 11.5 Å². The predicted octanol–water partition coefficient (Wildman–Crippen LogP) is 1.23. The molecule has 0 unspecified atom stereocenters. The summed E-state index contributed by atoms with van der Waals surface area (Å²) in [4.78, 5) is 37.1. The van der Waals surface area contributed by atoms with Gasteiger partial charge in [-0.3, -0.25) is 14.6 Å². The number of rotatable bonds is 3. The van der Waals surface area contributed by atoms with Crippen molar-refractivity contribution in [3.63, 3.8) is 0 Å². The molecule has 3 aromatic heterocycles. The van der Waals surface area contributed by atoms with Crippen LogP contribution in [0.3, 0.4) is 0 Å². The van der Waals surface area contributed by atoms with Gasteiger partial charge in [0.2, 0.25) is 0 Å². The molecule has 0 saturated heterocycles. The molecule has 0 bridgehead atoms. The van der Waals surface area contributed by atoms with E-state index < -0.39 is 11.5 Å². The lowest BCUT2D eigenvalue weighted by Gasteiger charge is -2.05. The number of hydrogen-bond donors (Lipinski definition) is 3. The zero-order chi connectivity index (χ0) is 15.7. The molecule has 22 heavy (non-hydrogen) atoms. The molecule has 7 heteroatoms. The van der Waals surface area contributed by atoms with Gasteiger partial charge in [-0.2, -0.15) is 0 Å². The lowest BCUT2D eigenvalue weighted by atomic mass is 10.1. The molecule has 0 aromatic carbocycles. The zero-order valence-corrected chi connectivity index (χ0v) is 11.8. The number of aryl methyl sites for hydroxylation is 1. The molecular weight excluding hydrogens is 282 g/mol. The zero-order valence-electron chi connectivity index (χ0n) is 11.8. The number of hydrogen-bond acceptors (Lipinski definition) is 4. The maximum atomic E-state index is 11.7. The summed E-state index contributed by atoms with van der Waals surface area (Å²) in [6, 6.07) is 5.13. The number of nitrogens with two attached hydrogens (primary N) is 1. The number of pyridine rings is 2. The Morgan fingerprint density at radius 1 is 1.23 bits per heavy atom. The van der Waals surface area contributed by atoms with Crippen molar-refractivity contribution in [3.05, 3.63) is 58.4 Å². The standard InChI is InChI=1S/C15H13N5O2/c1-8-10(6-11(13(16)21)15(22)19-8)12-7-18-14(20-12)9-2-4-17-5-3-9/h2-7H,1H3,(H2,16,21)(H,18,20)(H,19,22). The van der Waals surface area contributed by atoms with E-state index in [9.17, 15) is 9.59 Å². The van der Waals surface area contributed by atoms with Gasteiger partial charge in [0.05, 0.1) is 11.9 Å². The number of nitrogens with one attached hydrogen (secondary N) is 2. The number of amides is 1. The monoisotopic (exact) mass is 295 g/mol. The number of aromatic amines is 2. The van der Waals surface area contributed by atoms with Gasteiger partial charge in [-0.05, 0) is 25.1 Å². The molecule has 110 valence electrons. The van der Waals surface area contributed by atoms with E-state index in [0.29, 0.717) is 22.8 Å². The van der Waals surface area contributed by atoms with Crippen LogP contribution in [0.4, 0.5) is 0 Å². The van der Waals surface area contributed by atoms with Crippen LogP contribution < -0.4 is 11.3 Å². The molecule has 3 rings (SSSR count). The van der Waals surface area contributed by atoms with Crippen molar-refractivity contribution >= 4 is 5.91 Å². The minimum Gasteiger partial charge on any atom is -0.365 e. The van der Waals surface area contributed by atoms with Crippen LogP contribution in [-0.4, -0.2) is 25.8 Å². The van der Waals surface area contributed by atoms with Crippen molar-refractivity contribution in [3.8, 4) is 22.6 Å². The highest BCUT2D eigenvalue weighted by atomic mass is 16.2. The normalized spacial score (nSPS) is 10.6. The van der Waals surface area contributed by atoms with Crippen LogP contribution in [0, 0.1) is 6.92 Å². The predicted molar refractivity (Wildman–Crippen MR) is 81.1 cm³/mol. The van der Waals surface area contributed by atoms with Gasteiger partial charge in [0.1, 0.15) is 11.4 Å². The maximum Gasteiger partial charge on any atom is 0.261 e. The number of primary amides is 1. The summed E-state index contributed by atoms with van der Waals surface area (Å²) in [7, 11) is 0. The fraction of sp³-hybridized carbons (Fsp3) is 0.0667. The van der Waals surface area contributed by atoms with E-state index in [4.69, 9.17) is 5.73 Å². The van der Waals surface area contributed by atoms with Crippen LogP contribution in [0.1, 0.15) is 16.1 Å². The minimum atomic E-state index is -0.767. The van der Waals surface area contributed by atoms with Crippen LogP contribution in [0.2, 0.25) is 0 Å². The Labute approximate surface area is 125 Å². The van der Waals surface area contributed by atoms with E-state index >= 15 is 0 Å². The maximum absolute atomic E-state index is 11.7. The van der Waals surface area contributed by atoms with Gasteiger partial charge in [0.15, 0.2) is 0 Å². The summed E-state index contributed by atoms with van der Waals surface area (Å²) in [6.45, 7) is 1.74. The molecule has 1 amide bonds. The summed E-state index contributed by atoms with van der Waals surface area (Å²) in [5, 5.41) is 0. The van der Waals surface area contributed by atoms with E-state index in [-0.39, 0.29) is 5.56 Å². The molecule has 4 N–H and O–H groups in total. The molecule has 0 atom stereocenters. The molecule has 7 nitrogen and oxygen atoms in total. The number of carbonyl (C=O) groups excluding carboxylic acids is 1. The Kier molecular flexibility index (Phi) is 3.30. The van der Waals surface area contributed by atoms with Gasteiger partial charge < -0.3 is 15.7 Å². The average Bonchev–Trinajstić information content (AvgIpc) is 2.97. The third-order valence-corrected chi connectivity index (χ3v) is 3.32. The van der Waals surface area contributed by atoms with E-state index in [2.05, 4.69) is 19.9 Å². The molecule has 0 spiro atoms. The second kappa shape index (κ2) is 5.28. The Morgan fingerprint density at radius 2 is 1.95 bits per heavy atom. The topological polar surface area (TPSA) is 118 Å². The Hall–Kier alpha value is -3.22. The van der Waals surface area contributed by atoms with Crippen molar-refractivity contribution < 1.29 is 4.79 Å². The van der Waals surface area contributed by atoms with Crippen molar-refractivity contribution in [1.29, 1.82) is 0 Å². The molecule has 0 saturated carbocycles. The van der Waals surface area contributed by atoms with Crippen molar-refractivity contribution in [2.24, 2.45) is 5.73 Å². The van der Waals surface area contributed by atoms with Gasteiger partial charge in [-0.25, -0.2) is 4.98 Å². The Morgan fingerprint density at radius 3 is 2.64 bits per heavy atom. The summed E-state index contributed by atoms with van der Waals surface area (Å²) in [5.41, 5.74) is 7.50. The fourth-order valence-electron chi connectivity index (χ4n) is 2.20. The SMILES string of the molecule is Cc1[nH]c(=O)c(C(N)=O)cc1-c1cnc(-c2ccncc2)[nH]1. The fourth-order valence-corrected chi connectivity index (χ4v) is 2.20. The first-order chi connectivity index (χ1) is 10.6. The molecule has 0 radical (unpaired) electrons. The van der Waals surface area contributed by atoms with Crippen molar-refractivity contribution in [2.75, 3.05) is 0 Å². The first-order valence-electron chi connectivity index (χ1n) is 6.56. The number of aromatic nitrogens is 4. The molecular formula is C15H13N5O2. The van der Waals surface area contributed by atoms with E-state index in [1.54, 1.807) is 25.5 Å². The summed E-state index contributed by atoms with van der Waals surface area (Å²) < 4.78 is 0. The van der Waals surface area contributed by atoms with E-state index in [1.807, 2.05) is 12.1 Å². The largest absolute Gasteiger partial charge is 0.365 e.